The van der Waals surface area contributed by atoms with E-state index in [9.17, 15) is 14.4 Å². The number of hydrogen-bond acceptors (Lipinski definition) is 7. The zero-order chi connectivity index (χ0) is 21.9. The molecule has 0 aliphatic carbocycles. The van der Waals surface area contributed by atoms with Crippen LogP contribution in [-0.2, 0) is 16.6 Å². The summed E-state index contributed by atoms with van der Waals surface area (Å²) < 4.78 is 14.2. The van der Waals surface area contributed by atoms with Crippen molar-refractivity contribution in [3.8, 4) is 5.75 Å². The molecule has 0 radical (unpaired) electrons. The second-order valence-electron chi connectivity index (χ2n) is 8.37. The summed E-state index contributed by atoms with van der Waals surface area (Å²) in [5.74, 6) is 0.493. The number of ether oxygens (including phenoxy) is 2. The summed E-state index contributed by atoms with van der Waals surface area (Å²) in [5.41, 5.74) is 1.35. The van der Waals surface area contributed by atoms with Gasteiger partial charge in [-0.2, -0.15) is 4.68 Å². The van der Waals surface area contributed by atoms with Crippen LogP contribution in [0.3, 0.4) is 0 Å². The van der Waals surface area contributed by atoms with Crippen LogP contribution < -0.4 is 25.9 Å². The Kier molecular flexibility index (Phi) is 4.65. The summed E-state index contributed by atoms with van der Waals surface area (Å²) in [6, 6.07) is 7.82. The molecule has 4 heterocycles. The standard InChI is InChI=1S/C22H26N4O5/c1-13(27)14-12-17-19-18(20(14)31-17)21(28)26(22(29)23(19)2)25-10-8-24(9-11-25)15-6-4-5-7-16(15)30-3/h4-7,14,17,20H,8-12H2,1-3H3/t14-,17+,20-/m1/s1. The number of ketones is 1. The molecule has 2 aromatic rings. The van der Waals surface area contributed by atoms with Crippen molar-refractivity contribution >= 4 is 11.5 Å². The van der Waals surface area contributed by atoms with Gasteiger partial charge in [0.25, 0.3) is 5.56 Å². The maximum atomic E-state index is 13.4. The number of benzene rings is 1. The van der Waals surface area contributed by atoms with Crippen molar-refractivity contribution in [2.75, 3.05) is 43.2 Å². The summed E-state index contributed by atoms with van der Waals surface area (Å²) in [6.45, 7) is 3.84. The van der Waals surface area contributed by atoms with Crippen LogP contribution >= 0.6 is 0 Å². The van der Waals surface area contributed by atoms with Crippen molar-refractivity contribution < 1.29 is 14.3 Å². The fourth-order valence-electron chi connectivity index (χ4n) is 5.18. The second kappa shape index (κ2) is 7.26. The number of piperazine rings is 1. The molecule has 5 rings (SSSR count). The number of hydrogen-bond donors (Lipinski definition) is 0. The highest BCUT2D eigenvalue weighted by molar-refractivity contribution is 5.80. The highest BCUT2D eigenvalue weighted by Crippen LogP contribution is 2.52. The number of methoxy groups -OCH3 is 1. The summed E-state index contributed by atoms with van der Waals surface area (Å²) in [4.78, 5) is 40.8. The first-order valence-electron chi connectivity index (χ1n) is 10.6. The Morgan fingerprint density at radius 3 is 2.52 bits per heavy atom. The molecule has 2 bridgehead atoms. The van der Waals surface area contributed by atoms with Crippen molar-refractivity contribution in [2.24, 2.45) is 13.0 Å². The molecule has 2 fully saturated rings. The molecule has 0 unspecified atom stereocenters. The van der Waals surface area contributed by atoms with Gasteiger partial charge in [-0.3, -0.25) is 14.2 Å². The van der Waals surface area contributed by atoms with Crippen LogP contribution in [0.15, 0.2) is 33.9 Å². The lowest BCUT2D eigenvalue weighted by Gasteiger charge is -2.38. The van der Waals surface area contributed by atoms with Crippen LogP contribution in [-0.4, -0.2) is 48.3 Å². The molecule has 2 saturated heterocycles. The molecule has 0 amide bonds. The number of anilines is 1. The third-order valence-corrected chi connectivity index (χ3v) is 6.75. The van der Waals surface area contributed by atoms with E-state index in [1.165, 1.54) is 16.2 Å². The molecule has 9 nitrogen and oxygen atoms in total. The maximum absolute atomic E-state index is 13.4. The van der Waals surface area contributed by atoms with Gasteiger partial charge in [0.2, 0.25) is 0 Å². The molecular formula is C22H26N4O5. The average molecular weight is 426 g/mol. The van der Waals surface area contributed by atoms with Gasteiger partial charge in [0.1, 0.15) is 17.6 Å². The van der Waals surface area contributed by atoms with E-state index in [1.54, 1.807) is 19.2 Å². The Hall–Kier alpha value is -3.07. The number of carbonyl (C=O) groups excluding carboxylic acids is 1. The van der Waals surface area contributed by atoms with E-state index in [4.69, 9.17) is 9.47 Å². The Morgan fingerprint density at radius 2 is 1.84 bits per heavy atom. The molecule has 3 aliphatic heterocycles. The number of aromatic nitrogens is 2. The first-order valence-corrected chi connectivity index (χ1v) is 10.6. The van der Waals surface area contributed by atoms with Gasteiger partial charge >= 0.3 is 5.69 Å². The maximum Gasteiger partial charge on any atom is 0.350 e. The fraction of sp³-hybridized carbons (Fsp3) is 0.500. The van der Waals surface area contributed by atoms with Crippen molar-refractivity contribution in [3.63, 3.8) is 0 Å². The zero-order valence-corrected chi connectivity index (χ0v) is 17.9. The number of nitrogens with zero attached hydrogens (tertiary/aromatic N) is 4. The number of fused-ring (bicyclic) bond motifs is 5. The van der Waals surface area contributed by atoms with Gasteiger partial charge in [0.15, 0.2) is 0 Å². The van der Waals surface area contributed by atoms with E-state index >= 15 is 0 Å². The molecule has 3 atom stereocenters. The Bertz CT molecular complexity index is 1160. The molecule has 0 spiro atoms. The fourth-order valence-corrected chi connectivity index (χ4v) is 5.18. The van der Waals surface area contributed by atoms with Gasteiger partial charge < -0.3 is 19.4 Å². The molecule has 0 saturated carbocycles. The van der Waals surface area contributed by atoms with Crippen molar-refractivity contribution in [1.29, 1.82) is 0 Å². The molecule has 1 aromatic carbocycles. The largest absolute Gasteiger partial charge is 0.495 e. The quantitative estimate of drug-likeness (QED) is 0.713. The molecule has 31 heavy (non-hydrogen) atoms. The normalized spacial score (nSPS) is 24.4. The van der Waals surface area contributed by atoms with Crippen LogP contribution in [0.4, 0.5) is 5.69 Å². The second-order valence-corrected chi connectivity index (χ2v) is 8.37. The lowest BCUT2D eigenvalue weighted by molar-refractivity contribution is -0.122. The number of Topliss-reactive ketones (excluding diaryl/α,β-unsaturated/α-hetero) is 1. The SMILES string of the molecule is COc1ccccc1N1CCN(n2c(=O)c3c(n(C)c2=O)[C@@H]2C[C@H](C(C)=O)[C@H]3O2)CC1. The summed E-state index contributed by atoms with van der Waals surface area (Å²) >= 11 is 0. The first-order chi connectivity index (χ1) is 14.9. The van der Waals surface area contributed by atoms with Gasteiger partial charge in [-0.1, -0.05) is 12.1 Å². The van der Waals surface area contributed by atoms with Crippen LogP contribution in [0.25, 0.3) is 0 Å². The predicted molar refractivity (Wildman–Crippen MR) is 114 cm³/mol. The molecule has 0 N–H and O–H groups in total. The molecule has 9 heteroatoms. The Balaban J connectivity index is 1.47. The van der Waals surface area contributed by atoms with Crippen LogP contribution in [0.1, 0.15) is 36.8 Å². The minimum atomic E-state index is -0.557. The highest BCUT2D eigenvalue weighted by atomic mass is 16.5. The summed E-state index contributed by atoms with van der Waals surface area (Å²) in [5, 5.41) is 1.80. The van der Waals surface area contributed by atoms with Crippen molar-refractivity contribution in [1.82, 2.24) is 9.24 Å². The molecular weight excluding hydrogens is 400 g/mol. The summed E-state index contributed by atoms with van der Waals surface area (Å²) in [7, 11) is 3.32. The summed E-state index contributed by atoms with van der Waals surface area (Å²) in [6.07, 6.45) is -0.393. The van der Waals surface area contributed by atoms with E-state index in [-0.39, 0.29) is 29.1 Å². The van der Waals surface area contributed by atoms with Crippen LogP contribution in [0, 0.1) is 5.92 Å². The Morgan fingerprint density at radius 1 is 1.13 bits per heavy atom. The molecule has 164 valence electrons. The van der Waals surface area contributed by atoms with Crippen molar-refractivity contribution in [3.05, 3.63) is 56.4 Å². The van der Waals surface area contributed by atoms with Gasteiger partial charge in [-0.25, -0.2) is 4.79 Å². The topological polar surface area (TPSA) is 86.0 Å². The molecule has 3 aliphatic rings. The van der Waals surface area contributed by atoms with E-state index in [2.05, 4.69) is 4.90 Å². The monoisotopic (exact) mass is 426 g/mol. The van der Waals surface area contributed by atoms with Crippen LogP contribution in [0.5, 0.6) is 5.75 Å². The van der Waals surface area contributed by atoms with Crippen molar-refractivity contribution in [2.45, 2.75) is 25.6 Å². The van der Waals surface area contributed by atoms with Gasteiger partial charge in [0.05, 0.1) is 49.2 Å². The Labute approximate surface area is 179 Å². The number of carbonyl (C=O) groups is 1. The highest BCUT2D eigenvalue weighted by Gasteiger charge is 2.51. The van der Waals surface area contributed by atoms with E-state index in [0.717, 1.165) is 11.4 Å². The number of para-hydroxylation sites is 2. The van der Waals surface area contributed by atoms with E-state index < -0.39 is 6.10 Å². The van der Waals surface area contributed by atoms with Gasteiger partial charge in [-0.15, -0.1) is 0 Å². The first kappa shape index (κ1) is 19.9. The minimum absolute atomic E-state index is 0.0170. The lowest BCUT2D eigenvalue weighted by atomic mass is 9.84. The smallest absolute Gasteiger partial charge is 0.350 e. The van der Waals surface area contributed by atoms with Gasteiger partial charge in [0, 0.05) is 20.1 Å². The minimum Gasteiger partial charge on any atom is -0.495 e. The third-order valence-electron chi connectivity index (χ3n) is 6.75. The van der Waals surface area contributed by atoms with Crippen LogP contribution in [0.2, 0.25) is 0 Å². The average Bonchev–Trinajstić information content (AvgIpc) is 3.38. The lowest BCUT2D eigenvalue weighted by Crippen LogP contribution is -2.60. The van der Waals surface area contributed by atoms with E-state index in [0.29, 0.717) is 43.9 Å². The molecule has 1 aromatic heterocycles. The zero-order valence-electron chi connectivity index (χ0n) is 17.9. The number of rotatable bonds is 4. The van der Waals surface area contributed by atoms with E-state index in [1.807, 2.05) is 24.3 Å². The predicted octanol–water partition coefficient (Wildman–Crippen LogP) is 0.735. The third kappa shape index (κ3) is 2.90. The van der Waals surface area contributed by atoms with Gasteiger partial charge in [-0.05, 0) is 25.5 Å².